The lowest BCUT2D eigenvalue weighted by molar-refractivity contribution is -0.143. The molecule has 0 saturated carbocycles. The van der Waals surface area contributed by atoms with Gasteiger partial charge in [0.25, 0.3) is 0 Å². The van der Waals surface area contributed by atoms with E-state index in [1.54, 1.807) is 24.3 Å². The summed E-state index contributed by atoms with van der Waals surface area (Å²) in [5.41, 5.74) is 8.77. The van der Waals surface area contributed by atoms with Crippen molar-refractivity contribution in [1.82, 2.24) is 9.88 Å². The van der Waals surface area contributed by atoms with Crippen LogP contribution in [0.3, 0.4) is 0 Å². The van der Waals surface area contributed by atoms with Crippen molar-refractivity contribution in [2.45, 2.75) is 38.5 Å². The number of aryl methyl sites for hydroxylation is 1. The Morgan fingerprint density at radius 3 is 2.71 bits per heavy atom. The van der Waals surface area contributed by atoms with Crippen molar-refractivity contribution in [3.63, 3.8) is 0 Å². The van der Waals surface area contributed by atoms with Crippen LogP contribution in [0.15, 0.2) is 30.3 Å². The van der Waals surface area contributed by atoms with Crippen molar-refractivity contribution in [3.05, 3.63) is 35.9 Å². The number of aromatic nitrogens is 1. The minimum atomic E-state index is -4.24. The summed E-state index contributed by atoms with van der Waals surface area (Å²) < 4.78 is 38.0. The molecule has 182 valence electrons. The summed E-state index contributed by atoms with van der Waals surface area (Å²) >= 11 is 0. The Kier molecular flexibility index (Phi) is 6.39. The van der Waals surface area contributed by atoms with Crippen molar-refractivity contribution in [2.24, 2.45) is 5.92 Å². The summed E-state index contributed by atoms with van der Waals surface area (Å²) in [6.45, 7) is 2.34. The first-order chi connectivity index (χ1) is 16.0. The Bertz CT molecular complexity index is 1110. The van der Waals surface area contributed by atoms with Gasteiger partial charge in [0.05, 0.1) is 19.1 Å². The van der Waals surface area contributed by atoms with Crippen molar-refractivity contribution < 1.29 is 27.9 Å². The third kappa shape index (κ3) is 5.41. The van der Waals surface area contributed by atoms with Crippen LogP contribution in [0.25, 0.3) is 11.1 Å². The number of hydrogen-bond donors (Lipinski definition) is 3. The Morgan fingerprint density at radius 1 is 1.26 bits per heavy atom. The highest BCUT2D eigenvalue weighted by molar-refractivity contribution is 5.96. The lowest BCUT2D eigenvalue weighted by atomic mass is 10.00. The first-order valence-corrected chi connectivity index (χ1v) is 11.0. The maximum absolute atomic E-state index is 12.7. The van der Waals surface area contributed by atoms with Gasteiger partial charge in [-0.3, -0.25) is 9.69 Å². The normalized spacial score (nSPS) is 20.8. The van der Waals surface area contributed by atoms with E-state index in [0.29, 0.717) is 23.5 Å². The molecule has 2 aliphatic rings. The molecule has 2 atom stereocenters. The number of rotatable bonds is 4. The molecule has 0 aliphatic carbocycles. The number of alkyl halides is 3. The molecular weight excluding hydrogens is 451 g/mol. The molecule has 4 N–H and O–H groups in total. The van der Waals surface area contributed by atoms with E-state index in [0.717, 1.165) is 11.1 Å². The van der Waals surface area contributed by atoms with E-state index in [-0.39, 0.29) is 37.8 Å². The van der Waals surface area contributed by atoms with Gasteiger partial charge in [-0.15, -0.1) is 0 Å². The summed E-state index contributed by atoms with van der Waals surface area (Å²) in [7, 11) is 0. The van der Waals surface area contributed by atoms with Gasteiger partial charge in [0.15, 0.2) is 0 Å². The van der Waals surface area contributed by atoms with Crippen LogP contribution in [0.4, 0.5) is 35.3 Å². The van der Waals surface area contributed by atoms with Crippen LogP contribution in [-0.2, 0) is 4.79 Å². The Balaban J connectivity index is 1.52. The molecule has 3 heterocycles. The number of nitrogens with zero attached hydrogens (tertiary/aromatic N) is 3. The molecule has 3 amide bonds. The van der Waals surface area contributed by atoms with Gasteiger partial charge in [-0.2, -0.15) is 13.2 Å². The largest absolute Gasteiger partial charge is 0.391 e. The summed E-state index contributed by atoms with van der Waals surface area (Å²) in [6, 6.07) is 8.16. The van der Waals surface area contributed by atoms with Crippen LogP contribution in [0.1, 0.15) is 24.8 Å². The van der Waals surface area contributed by atoms with E-state index in [2.05, 4.69) is 10.3 Å². The third-order valence-corrected chi connectivity index (χ3v) is 6.11. The predicted molar refractivity (Wildman–Crippen MR) is 121 cm³/mol. The molecular formula is C23H26F3N5O3. The molecule has 8 nitrogen and oxygen atoms in total. The highest BCUT2D eigenvalue weighted by Gasteiger charge is 2.36. The number of β-amino-alcohol motifs (C(OH)–C–C–N with tert-alkyl or cyclic N) is 1. The molecule has 0 bridgehead atoms. The smallest absolute Gasteiger partial charge is 0.389 e. The maximum atomic E-state index is 12.7. The lowest BCUT2D eigenvalue weighted by Crippen LogP contribution is -2.33. The molecule has 2 fully saturated rings. The Morgan fingerprint density at radius 2 is 2.03 bits per heavy atom. The number of benzene rings is 1. The highest BCUT2D eigenvalue weighted by atomic mass is 19.4. The van der Waals surface area contributed by atoms with Crippen LogP contribution in [0.2, 0.25) is 0 Å². The number of nitrogens with two attached hydrogens (primary N) is 1. The third-order valence-electron chi connectivity index (χ3n) is 6.11. The molecule has 0 unspecified atom stereocenters. The van der Waals surface area contributed by atoms with Crippen molar-refractivity contribution >= 4 is 29.3 Å². The first-order valence-electron chi connectivity index (χ1n) is 11.0. The zero-order chi connectivity index (χ0) is 24.6. The van der Waals surface area contributed by atoms with Gasteiger partial charge in [0.2, 0.25) is 5.91 Å². The first kappa shape index (κ1) is 23.8. The molecule has 0 spiro atoms. The number of urea groups is 1. The van der Waals surface area contributed by atoms with Crippen molar-refractivity contribution in [1.29, 1.82) is 0 Å². The van der Waals surface area contributed by atoms with Gasteiger partial charge in [0.1, 0.15) is 11.6 Å². The Hall–Kier alpha value is -3.34. The van der Waals surface area contributed by atoms with Crippen LogP contribution in [-0.4, -0.2) is 58.8 Å². The number of pyridine rings is 1. The van der Waals surface area contributed by atoms with Crippen molar-refractivity contribution in [3.8, 4) is 11.1 Å². The number of hydrogen-bond acceptors (Lipinski definition) is 5. The number of aliphatic hydroxyl groups excluding tert-OH is 1. The van der Waals surface area contributed by atoms with Crippen LogP contribution in [0.5, 0.6) is 0 Å². The number of amides is 3. The molecule has 1 aromatic carbocycles. The number of likely N-dealkylation sites (tertiary alicyclic amines) is 1. The molecule has 4 rings (SSSR count). The van der Waals surface area contributed by atoms with Gasteiger partial charge in [-0.05, 0) is 60.2 Å². The van der Waals surface area contributed by atoms with Gasteiger partial charge >= 0.3 is 12.2 Å². The van der Waals surface area contributed by atoms with Gasteiger partial charge in [-0.25, -0.2) is 9.78 Å². The standard InChI is InChI=1S/C23H26F3N5O3/c1-13-2-3-16(28-22(34)30-5-4-14(11-30)10-23(24,25)26)8-18(13)15-6-19(27)29-20(7-15)31-12-17(32)9-21(31)33/h2-3,6-8,14,17,32H,4-5,9-12H2,1H3,(H2,27,29)(H,28,34)/t14-,17+/m0/s1. The number of aliphatic hydroxyl groups is 1. The average Bonchev–Trinajstić information content (AvgIpc) is 3.33. The van der Waals surface area contributed by atoms with Gasteiger partial charge in [0, 0.05) is 25.2 Å². The van der Waals surface area contributed by atoms with E-state index in [9.17, 15) is 27.9 Å². The van der Waals surface area contributed by atoms with Crippen LogP contribution in [0, 0.1) is 12.8 Å². The zero-order valence-electron chi connectivity index (χ0n) is 18.6. The fourth-order valence-corrected chi connectivity index (χ4v) is 4.47. The van der Waals surface area contributed by atoms with E-state index < -0.39 is 30.7 Å². The SMILES string of the molecule is Cc1ccc(NC(=O)N2CC[C@@H](CC(F)(F)F)C2)cc1-c1cc(N)nc(N2C[C@H](O)CC2=O)c1. The average molecular weight is 477 g/mol. The molecule has 0 radical (unpaired) electrons. The molecule has 1 aromatic heterocycles. The summed E-state index contributed by atoms with van der Waals surface area (Å²) in [5.74, 6) is -0.311. The van der Waals surface area contributed by atoms with Crippen LogP contribution >= 0.6 is 0 Å². The molecule has 34 heavy (non-hydrogen) atoms. The van der Waals surface area contributed by atoms with Crippen molar-refractivity contribution in [2.75, 3.05) is 35.6 Å². The van der Waals surface area contributed by atoms with E-state index >= 15 is 0 Å². The van der Waals surface area contributed by atoms with Gasteiger partial charge < -0.3 is 21.1 Å². The number of halogens is 3. The van der Waals surface area contributed by atoms with Gasteiger partial charge in [-0.1, -0.05) is 6.07 Å². The minimum absolute atomic E-state index is 0.0205. The summed E-state index contributed by atoms with van der Waals surface area (Å²) in [5, 5.41) is 12.6. The number of nitrogen functional groups attached to an aromatic ring is 1. The fraction of sp³-hybridized carbons (Fsp3) is 0.435. The topological polar surface area (TPSA) is 112 Å². The fourth-order valence-electron chi connectivity index (χ4n) is 4.47. The summed E-state index contributed by atoms with van der Waals surface area (Å²) in [4.78, 5) is 31.8. The number of nitrogens with one attached hydrogen (secondary N) is 1. The molecule has 2 saturated heterocycles. The number of anilines is 3. The second kappa shape index (κ2) is 9.13. The quantitative estimate of drug-likeness (QED) is 0.624. The lowest BCUT2D eigenvalue weighted by Gasteiger charge is -2.19. The monoisotopic (exact) mass is 477 g/mol. The summed E-state index contributed by atoms with van der Waals surface area (Å²) in [6.07, 6.45) is -5.57. The second-order valence-electron chi connectivity index (χ2n) is 8.88. The highest BCUT2D eigenvalue weighted by Crippen LogP contribution is 2.33. The molecule has 2 aliphatic heterocycles. The van der Waals surface area contributed by atoms with E-state index in [1.165, 1.54) is 9.80 Å². The van der Waals surface area contributed by atoms with Crippen LogP contribution < -0.4 is 16.0 Å². The molecule has 11 heteroatoms. The number of carbonyl (C=O) groups is 2. The van der Waals surface area contributed by atoms with E-state index in [4.69, 9.17) is 5.73 Å². The van der Waals surface area contributed by atoms with E-state index in [1.807, 2.05) is 13.0 Å². The predicted octanol–water partition coefficient (Wildman–Crippen LogP) is 3.54. The zero-order valence-corrected chi connectivity index (χ0v) is 18.6. The maximum Gasteiger partial charge on any atom is 0.389 e. The number of carbonyl (C=O) groups excluding carboxylic acids is 2. The minimum Gasteiger partial charge on any atom is -0.391 e. The Labute approximate surface area is 194 Å². The second-order valence-corrected chi connectivity index (χ2v) is 8.88. The molecule has 2 aromatic rings.